The molecule has 16 heteroatoms. The molecule has 0 amide bonds. The van der Waals surface area contributed by atoms with Gasteiger partial charge in [0.1, 0.15) is 36.6 Å². The molecule has 0 radical (unpaired) electrons. The molecule has 20 atom stereocenters. The number of fused-ring (bicyclic) bond motifs is 1. The van der Waals surface area contributed by atoms with E-state index in [4.69, 9.17) is 42.3 Å². The third-order valence-electron chi connectivity index (χ3n) is 18.8. The van der Waals surface area contributed by atoms with E-state index in [9.17, 15) is 9.90 Å². The predicted molar refractivity (Wildman–Crippen MR) is 302 cm³/mol. The van der Waals surface area contributed by atoms with Crippen LogP contribution < -0.4 is 0 Å². The first-order valence-electron chi connectivity index (χ1n) is 29.0. The Hall–Kier alpha value is -2.32. The van der Waals surface area contributed by atoms with Crippen molar-refractivity contribution in [2.75, 3.05) is 6.61 Å². The molecule has 2 aromatic carbocycles. The molecule has 10 rings (SSSR count). The first kappa shape index (κ1) is 59.3. The number of carbonyl (C=O) groups is 1. The summed E-state index contributed by atoms with van der Waals surface area (Å²) in [5.74, 6) is -1.92. The maximum absolute atomic E-state index is 15.6. The van der Waals surface area contributed by atoms with Gasteiger partial charge in [-0.25, -0.2) is 13.2 Å². The zero-order valence-corrected chi connectivity index (χ0v) is 50.6. The first-order valence-corrected chi connectivity index (χ1v) is 34.2. The summed E-state index contributed by atoms with van der Waals surface area (Å²) in [6, 6.07) is 17.5. The normalized spacial score (nSPS) is 36.5. The third kappa shape index (κ3) is 13.0. The van der Waals surface area contributed by atoms with Crippen LogP contribution in [0, 0.1) is 23.7 Å². The molecule has 8 aliphatic heterocycles. The highest BCUT2D eigenvalue weighted by molar-refractivity contribution is 9.11. The van der Waals surface area contributed by atoms with Crippen molar-refractivity contribution in [1.29, 1.82) is 0 Å². The quantitative estimate of drug-likeness (QED) is 0.0638. The Morgan fingerprint density at radius 1 is 0.883 bits per heavy atom. The SMILES string of the molecule is C=C(Br)C[C@@H](CC[C@@]12CC3OC4[C@@H](O1)C1O[C@@H](CC(O)C([C@H]5C(C[C@H]6O[C@@H](CCCC)C[C@@H](C)C6=C)O[C@H](C[C@H](C)CO[Si](C)(C)C(C)(C)C)[C@@H]5C)S(=O)(=O)c5ccccc5)CC[C@@H]1O[C@H]4[C@H]3O2)OC(=O)c1ccccc1. The van der Waals surface area contributed by atoms with E-state index in [0.29, 0.717) is 68.0 Å². The number of ether oxygens (including phenoxy) is 8. The number of unbranched alkanes of at least 4 members (excludes halogenated alkanes) is 1. The number of hydrogen-bond donors (Lipinski definition) is 1. The molecule has 6 unspecified atom stereocenters. The summed E-state index contributed by atoms with van der Waals surface area (Å²) in [4.78, 5) is 13.4. The van der Waals surface area contributed by atoms with Gasteiger partial charge < -0.3 is 47.4 Å². The Kier molecular flexibility index (Phi) is 18.7. The fraction of sp³-hybridized carbons (Fsp3) is 0.721. The molecule has 1 N–H and O–H groups in total. The van der Waals surface area contributed by atoms with E-state index >= 15 is 8.42 Å². The van der Waals surface area contributed by atoms with Crippen LogP contribution in [-0.4, -0.2) is 131 Å². The zero-order chi connectivity index (χ0) is 55.2. The molecule has 0 saturated carbocycles. The van der Waals surface area contributed by atoms with Crippen LogP contribution in [0.15, 0.2) is 88.8 Å². The van der Waals surface area contributed by atoms with Crippen molar-refractivity contribution in [1.82, 2.24) is 0 Å². The van der Waals surface area contributed by atoms with Gasteiger partial charge in [-0.1, -0.05) is 127 Å². The maximum atomic E-state index is 15.6. The second-order valence-electron chi connectivity index (χ2n) is 25.5. The summed E-state index contributed by atoms with van der Waals surface area (Å²) in [5, 5.41) is 11.8. The minimum absolute atomic E-state index is 0.0572. The van der Waals surface area contributed by atoms with Crippen LogP contribution in [-0.2, 0) is 52.2 Å². The number of aliphatic hydroxyl groups is 1. The highest BCUT2D eigenvalue weighted by Gasteiger charge is 2.69. The summed E-state index contributed by atoms with van der Waals surface area (Å²) >= 11 is 3.50. The lowest BCUT2D eigenvalue weighted by Gasteiger charge is -2.48. The number of esters is 1. The fourth-order valence-electron chi connectivity index (χ4n) is 13.4. The lowest BCUT2D eigenvalue weighted by Crippen LogP contribution is -2.62. The Labute approximate surface area is 469 Å². The van der Waals surface area contributed by atoms with Gasteiger partial charge >= 0.3 is 5.97 Å². The summed E-state index contributed by atoms with van der Waals surface area (Å²) in [5.41, 5.74) is 1.48. The zero-order valence-electron chi connectivity index (χ0n) is 47.2. The van der Waals surface area contributed by atoms with Crippen molar-refractivity contribution < 1.29 is 60.6 Å². The molecular formula is C61H89BrO13SSi. The van der Waals surface area contributed by atoms with Gasteiger partial charge in [0.15, 0.2) is 23.9 Å². The van der Waals surface area contributed by atoms with Crippen molar-refractivity contribution in [3.8, 4) is 0 Å². The Morgan fingerprint density at radius 2 is 1.56 bits per heavy atom. The van der Waals surface area contributed by atoms with Gasteiger partial charge in [0.05, 0.1) is 64.5 Å². The number of carbonyl (C=O) groups excluding carboxylic acids is 1. The summed E-state index contributed by atoms with van der Waals surface area (Å²) in [6.07, 6.45) is 1.89. The number of benzene rings is 2. The summed E-state index contributed by atoms with van der Waals surface area (Å²) < 4.78 is 93.3. The molecule has 0 aromatic heterocycles. The van der Waals surface area contributed by atoms with Crippen LogP contribution >= 0.6 is 15.9 Å². The fourth-order valence-corrected chi connectivity index (χ4v) is 17.1. The van der Waals surface area contributed by atoms with E-state index in [0.717, 1.165) is 31.3 Å². The van der Waals surface area contributed by atoms with Crippen LogP contribution in [0.3, 0.4) is 0 Å². The van der Waals surface area contributed by atoms with E-state index in [2.05, 4.69) is 90.6 Å². The second-order valence-corrected chi connectivity index (χ2v) is 33.6. The molecule has 8 fully saturated rings. The van der Waals surface area contributed by atoms with E-state index in [1.807, 2.05) is 24.3 Å². The number of rotatable bonds is 23. The van der Waals surface area contributed by atoms with Gasteiger partial charge in [-0.3, -0.25) is 0 Å². The van der Waals surface area contributed by atoms with Gasteiger partial charge in [0.25, 0.3) is 0 Å². The minimum atomic E-state index is -4.18. The van der Waals surface area contributed by atoms with Crippen molar-refractivity contribution in [3.63, 3.8) is 0 Å². The number of hydrogen-bond acceptors (Lipinski definition) is 13. The molecule has 428 valence electrons. The van der Waals surface area contributed by atoms with Gasteiger partial charge in [-0.2, -0.15) is 0 Å². The van der Waals surface area contributed by atoms with Crippen molar-refractivity contribution in [3.05, 3.63) is 89.4 Å². The van der Waals surface area contributed by atoms with Crippen LogP contribution in [0.25, 0.3) is 0 Å². The Morgan fingerprint density at radius 3 is 2.25 bits per heavy atom. The predicted octanol–water partition coefficient (Wildman–Crippen LogP) is 11.8. The molecule has 8 saturated heterocycles. The first-order chi connectivity index (χ1) is 36.5. The Balaban J connectivity index is 0.967. The number of aliphatic hydroxyl groups excluding tert-OH is 1. The molecule has 0 spiro atoms. The highest BCUT2D eigenvalue weighted by atomic mass is 79.9. The van der Waals surface area contributed by atoms with E-state index < -0.39 is 83.8 Å². The van der Waals surface area contributed by atoms with Crippen molar-refractivity contribution >= 4 is 40.1 Å². The van der Waals surface area contributed by atoms with Crippen molar-refractivity contribution in [2.24, 2.45) is 23.7 Å². The molecule has 0 aliphatic carbocycles. The third-order valence-corrected chi connectivity index (χ3v) is 25.9. The second kappa shape index (κ2) is 24.3. The van der Waals surface area contributed by atoms with Gasteiger partial charge in [0, 0.05) is 44.6 Å². The van der Waals surface area contributed by atoms with Crippen LogP contribution in [0.1, 0.15) is 142 Å². The van der Waals surface area contributed by atoms with Gasteiger partial charge in [0.2, 0.25) is 0 Å². The smallest absolute Gasteiger partial charge is 0.338 e. The minimum Gasteiger partial charge on any atom is -0.458 e. The molecule has 8 heterocycles. The topological polar surface area (TPSA) is 155 Å². The van der Waals surface area contributed by atoms with Crippen LogP contribution in [0.2, 0.25) is 18.1 Å². The molecule has 77 heavy (non-hydrogen) atoms. The lowest BCUT2D eigenvalue weighted by molar-refractivity contribution is -0.293. The molecular weight excluding hydrogens is 1080 g/mol. The average Bonchev–Trinajstić information content (AvgIpc) is 3.99. The van der Waals surface area contributed by atoms with E-state index in [-0.39, 0.29) is 76.8 Å². The summed E-state index contributed by atoms with van der Waals surface area (Å²) in [6.45, 7) is 29.2. The van der Waals surface area contributed by atoms with Crippen LogP contribution in [0.5, 0.6) is 0 Å². The Bertz CT molecular complexity index is 2460. The average molecular weight is 1170 g/mol. The van der Waals surface area contributed by atoms with E-state index in [1.165, 1.54) is 0 Å². The molecule has 6 bridgehead atoms. The molecule has 2 aromatic rings. The number of sulfone groups is 1. The van der Waals surface area contributed by atoms with Crippen molar-refractivity contribution in [2.45, 2.75) is 251 Å². The van der Waals surface area contributed by atoms with Gasteiger partial charge in [-0.05, 0) is 109 Å². The lowest BCUT2D eigenvalue weighted by atomic mass is 9.78. The number of halogens is 1. The summed E-state index contributed by atoms with van der Waals surface area (Å²) in [7, 11) is -6.22. The van der Waals surface area contributed by atoms with Crippen LogP contribution in [0.4, 0.5) is 0 Å². The van der Waals surface area contributed by atoms with Gasteiger partial charge in [-0.15, -0.1) is 0 Å². The molecule has 13 nitrogen and oxygen atoms in total. The standard InChI is InChI=1S/C61H89BrO13SSi/c1-12-13-22-42-30-37(3)39(5)49(68-42)33-50-52(40(6)48(71-50)29-36(2)35-67-77(10,11)60(7,8)9)58(76(65,66)45-23-18-15-19-24-45)46(63)32-43-25-26-47-53(69-43)57-56-55(72-47)54-51(73-56)34-61(74-54,75-57)28-27-44(31-38(4)62)70-59(64)41-20-16-14-17-21-41/h14-21,23-24,36-37,40,42-44,46-58,63H,4-5,12-13,22,25-35H2,1-3,6-11H3/t36-,37+,40-,42-,43+,44+,46?,47-,48+,49+,50?,51?,52+,53?,54-,55-,56?,57-,58?,61-/m0/s1. The van der Waals surface area contributed by atoms with E-state index in [1.54, 1.807) is 36.4 Å². The maximum Gasteiger partial charge on any atom is 0.338 e. The monoisotopic (exact) mass is 1170 g/mol. The largest absolute Gasteiger partial charge is 0.458 e. The highest BCUT2D eigenvalue weighted by Crippen LogP contribution is 2.55. The molecule has 8 aliphatic rings.